The van der Waals surface area contributed by atoms with Gasteiger partial charge in [0.15, 0.2) is 0 Å². The lowest BCUT2D eigenvalue weighted by atomic mass is 9.93. The molecule has 24 heavy (non-hydrogen) atoms. The summed E-state index contributed by atoms with van der Waals surface area (Å²) in [6, 6.07) is 5.88. The van der Waals surface area contributed by atoms with Gasteiger partial charge in [0.2, 0.25) is 11.8 Å². The largest absolute Gasteiger partial charge is 0.326 e. The predicted molar refractivity (Wildman–Crippen MR) is 96.2 cm³/mol. The van der Waals surface area contributed by atoms with E-state index in [1.807, 2.05) is 23.1 Å². The van der Waals surface area contributed by atoms with Crippen LogP contribution in [0.3, 0.4) is 0 Å². The van der Waals surface area contributed by atoms with E-state index < -0.39 is 0 Å². The summed E-state index contributed by atoms with van der Waals surface area (Å²) in [5, 5.41) is 6.37. The molecule has 0 unspecified atom stereocenters. The number of carbonyl (C=O) groups excluding carboxylic acids is 2. The summed E-state index contributed by atoms with van der Waals surface area (Å²) in [5.41, 5.74) is 2.98. The molecule has 3 rings (SSSR count). The van der Waals surface area contributed by atoms with Crippen LogP contribution in [0.2, 0.25) is 0 Å². The van der Waals surface area contributed by atoms with Crippen molar-refractivity contribution in [3.05, 3.63) is 23.8 Å². The van der Waals surface area contributed by atoms with Crippen molar-refractivity contribution < 1.29 is 9.59 Å². The molecule has 2 heterocycles. The van der Waals surface area contributed by atoms with Crippen LogP contribution in [-0.2, 0) is 16.0 Å². The van der Waals surface area contributed by atoms with Gasteiger partial charge in [-0.05, 0) is 74.9 Å². The second-order valence-electron chi connectivity index (χ2n) is 6.90. The molecule has 130 valence electrons. The molecule has 0 saturated carbocycles. The Kier molecular flexibility index (Phi) is 5.51. The Labute approximate surface area is 143 Å². The topological polar surface area (TPSA) is 61.4 Å². The van der Waals surface area contributed by atoms with E-state index in [-0.39, 0.29) is 11.8 Å². The Hall–Kier alpha value is -1.88. The molecule has 0 aliphatic carbocycles. The molecule has 2 aliphatic heterocycles. The van der Waals surface area contributed by atoms with Crippen LogP contribution < -0.4 is 15.5 Å². The Morgan fingerprint density at radius 3 is 2.83 bits per heavy atom. The summed E-state index contributed by atoms with van der Waals surface area (Å²) >= 11 is 0. The molecule has 5 nitrogen and oxygen atoms in total. The zero-order valence-corrected chi connectivity index (χ0v) is 14.4. The third-order valence-electron chi connectivity index (χ3n) is 5.10. The normalized spacial score (nSPS) is 18.1. The molecular weight excluding hydrogens is 302 g/mol. The van der Waals surface area contributed by atoms with Gasteiger partial charge >= 0.3 is 0 Å². The monoisotopic (exact) mass is 329 g/mol. The lowest BCUT2D eigenvalue weighted by Gasteiger charge is -2.29. The number of rotatable bonds is 4. The van der Waals surface area contributed by atoms with Crippen LogP contribution in [0.4, 0.5) is 11.4 Å². The van der Waals surface area contributed by atoms with E-state index in [0.29, 0.717) is 12.3 Å². The van der Waals surface area contributed by atoms with Gasteiger partial charge in [-0.2, -0.15) is 0 Å². The summed E-state index contributed by atoms with van der Waals surface area (Å²) in [7, 11) is 0. The molecule has 2 aliphatic rings. The smallest absolute Gasteiger partial charge is 0.224 e. The number of fused-ring (bicyclic) bond motifs is 1. The molecule has 0 radical (unpaired) electrons. The Bertz CT molecular complexity index is 609. The van der Waals surface area contributed by atoms with E-state index in [2.05, 4.69) is 10.6 Å². The first-order valence-electron chi connectivity index (χ1n) is 9.05. The van der Waals surface area contributed by atoms with Gasteiger partial charge in [-0.3, -0.25) is 9.59 Å². The van der Waals surface area contributed by atoms with Gasteiger partial charge in [0.1, 0.15) is 0 Å². The highest BCUT2D eigenvalue weighted by atomic mass is 16.2. The van der Waals surface area contributed by atoms with Gasteiger partial charge in [-0.15, -0.1) is 0 Å². The van der Waals surface area contributed by atoms with E-state index in [1.54, 1.807) is 6.92 Å². The number of nitrogens with one attached hydrogen (secondary N) is 2. The molecule has 1 aromatic carbocycles. The minimum atomic E-state index is 0.0784. The van der Waals surface area contributed by atoms with Gasteiger partial charge in [0.25, 0.3) is 0 Å². The molecule has 0 bridgehead atoms. The lowest BCUT2D eigenvalue weighted by Crippen LogP contribution is -2.33. The van der Waals surface area contributed by atoms with E-state index in [9.17, 15) is 9.59 Å². The number of amides is 2. The lowest BCUT2D eigenvalue weighted by molar-refractivity contribution is -0.117. The number of hydrogen-bond donors (Lipinski definition) is 2. The minimum absolute atomic E-state index is 0.0784. The number of benzene rings is 1. The van der Waals surface area contributed by atoms with Crippen LogP contribution >= 0.6 is 0 Å². The fourth-order valence-electron chi connectivity index (χ4n) is 3.73. The van der Waals surface area contributed by atoms with Gasteiger partial charge in [0, 0.05) is 31.3 Å². The van der Waals surface area contributed by atoms with Crippen LogP contribution in [0.15, 0.2) is 18.2 Å². The summed E-state index contributed by atoms with van der Waals surface area (Å²) in [5.74, 6) is 0.840. The molecule has 5 heteroatoms. The second-order valence-corrected chi connectivity index (χ2v) is 6.90. The van der Waals surface area contributed by atoms with Gasteiger partial charge in [-0.25, -0.2) is 0 Å². The Balaban J connectivity index is 1.57. The van der Waals surface area contributed by atoms with Crippen molar-refractivity contribution in [1.29, 1.82) is 0 Å². The highest BCUT2D eigenvalue weighted by Gasteiger charge is 2.20. The predicted octanol–water partition coefficient (Wildman–Crippen LogP) is 2.70. The van der Waals surface area contributed by atoms with Crippen molar-refractivity contribution in [2.24, 2.45) is 5.92 Å². The quantitative estimate of drug-likeness (QED) is 0.893. The first-order chi connectivity index (χ1) is 11.6. The van der Waals surface area contributed by atoms with Gasteiger partial charge in [0.05, 0.1) is 0 Å². The van der Waals surface area contributed by atoms with Crippen molar-refractivity contribution >= 4 is 23.2 Å². The third kappa shape index (κ3) is 4.15. The fraction of sp³-hybridized carbons (Fsp3) is 0.579. The van der Waals surface area contributed by atoms with Crippen LogP contribution in [0.5, 0.6) is 0 Å². The Morgan fingerprint density at radius 1 is 1.29 bits per heavy atom. The molecule has 1 saturated heterocycles. The maximum Gasteiger partial charge on any atom is 0.224 e. The van der Waals surface area contributed by atoms with Crippen molar-refractivity contribution in [2.75, 3.05) is 29.9 Å². The number of carbonyl (C=O) groups is 2. The summed E-state index contributed by atoms with van der Waals surface area (Å²) in [6.45, 7) is 4.53. The standard InChI is InChI=1S/C19H27N3O2/c1-14(23)22-12-2-3-16-13-17(5-6-18(16)22)21-19(24)7-4-15-8-10-20-11-9-15/h5-6,13,15,20H,2-4,7-12H2,1H3,(H,21,24). The average Bonchev–Trinajstić information content (AvgIpc) is 2.60. The van der Waals surface area contributed by atoms with E-state index in [4.69, 9.17) is 0 Å². The van der Waals surface area contributed by atoms with Crippen molar-refractivity contribution in [1.82, 2.24) is 5.32 Å². The van der Waals surface area contributed by atoms with E-state index >= 15 is 0 Å². The summed E-state index contributed by atoms with van der Waals surface area (Å²) in [4.78, 5) is 25.7. The van der Waals surface area contributed by atoms with Crippen molar-refractivity contribution in [2.45, 2.75) is 45.4 Å². The fourth-order valence-corrected chi connectivity index (χ4v) is 3.73. The molecular formula is C19H27N3O2. The molecule has 2 amide bonds. The minimum Gasteiger partial charge on any atom is -0.326 e. The average molecular weight is 329 g/mol. The molecule has 2 N–H and O–H groups in total. The molecule has 0 aromatic heterocycles. The number of anilines is 2. The maximum atomic E-state index is 12.2. The second kappa shape index (κ2) is 7.79. The van der Waals surface area contributed by atoms with E-state index in [0.717, 1.165) is 55.8 Å². The molecule has 0 atom stereocenters. The SMILES string of the molecule is CC(=O)N1CCCc2cc(NC(=O)CCC3CCNCC3)ccc21. The first kappa shape index (κ1) is 17.0. The summed E-state index contributed by atoms with van der Waals surface area (Å²) < 4.78 is 0. The Morgan fingerprint density at radius 2 is 2.08 bits per heavy atom. The molecule has 1 aromatic rings. The first-order valence-corrected chi connectivity index (χ1v) is 9.05. The zero-order chi connectivity index (χ0) is 16.9. The number of hydrogen-bond acceptors (Lipinski definition) is 3. The maximum absolute atomic E-state index is 12.2. The van der Waals surface area contributed by atoms with Crippen LogP contribution in [0.25, 0.3) is 0 Å². The molecule has 0 spiro atoms. The zero-order valence-electron chi connectivity index (χ0n) is 14.4. The van der Waals surface area contributed by atoms with Gasteiger partial charge < -0.3 is 15.5 Å². The van der Waals surface area contributed by atoms with Crippen molar-refractivity contribution in [3.63, 3.8) is 0 Å². The third-order valence-corrected chi connectivity index (χ3v) is 5.10. The van der Waals surface area contributed by atoms with Crippen LogP contribution in [-0.4, -0.2) is 31.4 Å². The highest BCUT2D eigenvalue weighted by Crippen LogP contribution is 2.30. The van der Waals surface area contributed by atoms with Crippen molar-refractivity contribution in [3.8, 4) is 0 Å². The number of nitrogens with zero attached hydrogens (tertiary/aromatic N) is 1. The number of piperidine rings is 1. The van der Waals surface area contributed by atoms with E-state index in [1.165, 1.54) is 12.8 Å². The van der Waals surface area contributed by atoms with Crippen LogP contribution in [0, 0.1) is 5.92 Å². The molecule has 1 fully saturated rings. The highest BCUT2D eigenvalue weighted by molar-refractivity contribution is 5.94. The van der Waals surface area contributed by atoms with Crippen LogP contribution in [0.1, 0.15) is 44.6 Å². The summed E-state index contributed by atoms with van der Waals surface area (Å²) in [6.07, 6.45) is 5.83. The number of aryl methyl sites for hydroxylation is 1. The van der Waals surface area contributed by atoms with Gasteiger partial charge in [-0.1, -0.05) is 0 Å².